The van der Waals surface area contributed by atoms with Crippen molar-refractivity contribution >= 4 is 43.0 Å². The fourth-order valence-corrected chi connectivity index (χ4v) is 7.50. The molecule has 0 fully saturated rings. The molecule has 0 spiro atoms. The summed E-state index contributed by atoms with van der Waals surface area (Å²) in [6, 6.07) is 21.4. The molecule has 3 heterocycles. The predicted molar refractivity (Wildman–Crippen MR) is 166 cm³/mol. The summed E-state index contributed by atoms with van der Waals surface area (Å²) >= 11 is 8.17. The summed E-state index contributed by atoms with van der Waals surface area (Å²) in [5, 5.41) is 17.0. The van der Waals surface area contributed by atoms with E-state index in [0.717, 1.165) is 26.6 Å². The van der Waals surface area contributed by atoms with Crippen LogP contribution >= 0.6 is 22.9 Å². The second kappa shape index (κ2) is 11.6. The summed E-state index contributed by atoms with van der Waals surface area (Å²) < 4.78 is 77.9. The van der Waals surface area contributed by atoms with Crippen LogP contribution in [0.4, 0.5) is 13.2 Å². The minimum atomic E-state index is -4.88. The first-order valence-electron chi connectivity index (χ1n) is 13.7. The molecular weight excluding hydrogens is 649 g/mol. The van der Waals surface area contributed by atoms with Gasteiger partial charge in [0.25, 0.3) is 0 Å². The fourth-order valence-electron chi connectivity index (χ4n) is 5.36. The molecule has 1 aliphatic rings. The highest BCUT2D eigenvalue weighted by atomic mass is 35.5. The number of hydrogen-bond donors (Lipinski definition) is 2. The molecule has 0 saturated heterocycles. The van der Waals surface area contributed by atoms with Crippen molar-refractivity contribution < 1.29 is 36.2 Å². The number of hydrogen-bond acceptors (Lipinski definition) is 7. The first kappa shape index (κ1) is 31.3. The number of aliphatic hydroxyl groups is 1. The van der Waals surface area contributed by atoms with Crippen LogP contribution in [0.5, 0.6) is 11.5 Å². The lowest BCUT2D eigenvalue weighted by molar-refractivity contribution is -0.258. The van der Waals surface area contributed by atoms with Crippen molar-refractivity contribution in [3.63, 3.8) is 0 Å². The van der Waals surface area contributed by atoms with Gasteiger partial charge in [-0.25, -0.2) is 13.6 Å². The van der Waals surface area contributed by atoms with E-state index in [4.69, 9.17) is 26.2 Å². The van der Waals surface area contributed by atoms with Crippen LogP contribution in [0.15, 0.2) is 90.0 Å². The van der Waals surface area contributed by atoms with Crippen LogP contribution in [0.25, 0.3) is 21.3 Å². The average molecular weight is 675 g/mol. The summed E-state index contributed by atoms with van der Waals surface area (Å²) in [6.07, 6.45) is -3.70. The monoisotopic (exact) mass is 674 g/mol. The Morgan fingerprint density at radius 1 is 1.04 bits per heavy atom. The summed E-state index contributed by atoms with van der Waals surface area (Å²) in [4.78, 5) is 5.12. The van der Waals surface area contributed by atoms with Crippen LogP contribution in [0, 0.1) is 0 Å². The molecule has 2 aromatic heterocycles. The molecule has 234 valence electrons. The van der Waals surface area contributed by atoms with Gasteiger partial charge in [0.1, 0.15) is 6.10 Å². The van der Waals surface area contributed by atoms with Gasteiger partial charge in [-0.1, -0.05) is 48.0 Å². The lowest BCUT2D eigenvalue weighted by atomic mass is 9.89. The topological polar surface area (TPSA) is 112 Å². The molecule has 0 amide bonds. The number of ether oxygens (including phenoxy) is 2. The molecule has 6 rings (SSSR count). The van der Waals surface area contributed by atoms with Gasteiger partial charge in [0, 0.05) is 38.8 Å². The van der Waals surface area contributed by atoms with Crippen LogP contribution in [-0.2, 0) is 15.6 Å². The zero-order chi connectivity index (χ0) is 32.1. The molecule has 1 unspecified atom stereocenters. The van der Waals surface area contributed by atoms with Crippen molar-refractivity contribution in [1.82, 2.24) is 4.98 Å². The van der Waals surface area contributed by atoms with E-state index in [-0.39, 0.29) is 28.5 Å². The maximum absolute atomic E-state index is 13.6. The van der Waals surface area contributed by atoms with Crippen LogP contribution in [0.2, 0.25) is 5.02 Å². The van der Waals surface area contributed by atoms with E-state index in [0.29, 0.717) is 29.7 Å². The molecule has 3 atom stereocenters. The number of aromatic nitrogens is 1. The summed E-state index contributed by atoms with van der Waals surface area (Å²) in [5.41, 5.74) is -1.70. The average Bonchev–Trinajstić information content (AvgIpc) is 3.30. The number of alkyl halides is 3. The van der Waals surface area contributed by atoms with E-state index in [2.05, 4.69) is 4.98 Å². The fraction of sp³-hybridized carbons (Fsp3) is 0.219. The van der Waals surface area contributed by atoms with Crippen molar-refractivity contribution in [1.29, 1.82) is 0 Å². The van der Waals surface area contributed by atoms with E-state index >= 15 is 0 Å². The summed E-state index contributed by atoms with van der Waals surface area (Å²) in [6.45, 7) is 0.938. The first-order valence-corrected chi connectivity index (χ1v) is 16.5. The highest BCUT2D eigenvalue weighted by molar-refractivity contribution is 7.89. The van der Waals surface area contributed by atoms with Gasteiger partial charge in [0.2, 0.25) is 10.0 Å². The standard InChI is InChI=1S/C32H26ClF3N2O5S2/c1-31(39,32(34,35)36)19-11-13-38-24(16-19)22-7-4-5-18-15-28(44-30(18)22)29(21-6-2-3-8-23(21)33)26-12-14-42-27-17-20(45(37,40)41)9-10-25(27)43-26/h2-11,13,15-17,26,29,39H,12,14H2,1H3,(H2,37,40,41)/t26?,29-,31+/m1/s1. The van der Waals surface area contributed by atoms with Crippen molar-refractivity contribution in [3.05, 3.63) is 106 Å². The SMILES string of the molecule is C[C@](O)(c1ccnc(-c2cccc3cc([C@H](c4ccccc4Cl)C4CCOc5cc(S(N)(=O)=O)ccc5O4)sc23)c1)C(F)(F)F. The van der Waals surface area contributed by atoms with Crippen LogP contribution in [0.1, 0.15) is 35.3 Å². The Bertz CT molecular complexity index is 2010. The molecule has 7 nitrogen and oxygen atoms in total. The second-order valence-electron chi connectivity index (χ2n) is 10.8. The molecule has 0 aliphatic carbocycles. The molecule has 3 N–H and O–H groups in total. The third-order valence-corrected chi connectivity index (χ3v) is 10.3. The van der Waals surface area contributed by atoms with E-state index < -0.39 is 33.8 Å². The molecule has 0 radical (unpaired) electrons. The predicted octanol–water partition coefficient (Wildman–Crippen LogP) is 7.40. The van der Waals surface area contributed by atoms with E-state index in [9.17, 15) is 26.7 Å². The van der Waals surface area contributed by atoms with Gasteiger partial charge in [-0.3, -0.25) is 4.98 Å². The number of nitrogens with zero attached hydrogens (tertiary/aromatic N) is 1. The van der Waals surface area contributed by atoms with Crippen molar-refractivity contribution in [2.24, 2.45) is 5.14 Å². The van der Waals surface area contributed by atoms with Gasteiger partial charge in [0.15, 0.2) is 17.1 Å². The maximum atomic E-state index is 13.6. The quantitative estimate of drug-likeness (QED) is 0.194. The normalized spacial score (nSPS) is 17.4. The number of fused-ring (bicyclic) bond motifs is 2. The smallest absolute Gasteiger partial charge is 0.421 e. The van der Waals surface area contributed by atoms with Crippen molar-refractivity contribution in [2.45, 2.75) is 42.0 Å². The summed E-state index contributed by atoms with van der Waals surface area (Å²) in [5.74, 6) is 0.199. The Kier molecular flexibility index (Phi) is 8.07. The number of thiophene rings is 1. The molecule has 45 heavy (non-hydrogen) atoms. The highest BCUT2D eigenvalue weighted by Gasteiger charge is 2.51. The Hall–Kier alpha value is -3.68. The second-order valence-corrected chi connectivity index (χ2v) is 13.9. The van der Waals surface area contributed by atoms with E-state index in [1.807, 2.05) is 30.3 Å². The maximum Gasteiger partial charge on any atom is 0.421 e. The van der Waals surface area contributed by atoms with Gasteiger partial charge in [-0.2, -0.15) is 13.2 Å². The number of primary sulfonamides is 1. The molecule has 1 aliphatic heterocycles. The molecule has 0 saturated carbocycles. The number of nitrogens with two attached hydrogens (primary N) is 1. The van der Waals surface area contributed by atoms with Crippen LogP contribution in [-0.4, -0.2) is 37.4 Å². The Morgan fingerprint density at radius 3 is 2.56 bits per heavy atom. The van der Waals surface area contributed by atoms with Crippen LogP contribution < -0.4 is 14.6 Å². The number of sulfonamides is 1. The molecular formula is C32H26ClF3N2O5S2. The zero-order valence-corrected chi connectivity index (χ0v) is 26.0. The Morgan fingerprint density at radius 2 is 1.82 bits per heavy atom. The van der Waals surface area contributed by atoms with E-state index in [1.165, 1.54) is 41.8 Å². The Labute approximate surface area is 266 Å². The number of benzene rings is 3. The number of halogens is 4. The van der Waals surface area contributed by atoms with Crippen molar-refractivity contribution in [2.75, 3.05) is 6.61 Å². The molecule has 3 aromatic carbocycles. The zero-order valence-electron chi connectivity index (χ0n) is 23.6. The van der Waals surface area contributed by atoms with Crippen molar-refractivity contribution in [3.8, 4) is 22.8 Å². The minimum Gasteiger partial charge on any atom is -0.490 e. The lowest BCUT2D eigenvalue weighted by Crippen LogP contribution is -2.39. The number of pyridine rings is 1. The highest BCUT2D eigenvalue weighted by Crippen LogP contribution is 2.46. The Balaban J connectivity index is 1.45. The molecule has 5 aromatic rings. The van der Waals surface area contributed by atoms with Gasteiger partial charge in [-0.15, -0.1) is 11.3 Å². The largest absolute Gasteiger partial charge is 0.490 e. The lowest BCUT2D eigenvalue weighted by Gasteiger charge is -2.27. The van der Waals surface area contributed by atoms with Gasteiger partial charge >= 0.3 is 6.18 Å². The van der Waals surface area contributed by atoms with Crippen LogP contribution in [0.3, 0.4) is 0 Å². The van der Waals surface area contributed by atoms with Gasteiger partial charge in [0.05, 0.1) is 23.1 Å². The summed E-state index contributed by atoms with van der Waals surface area (Å²) in [7, 11) is -3.96. The third kappa shape index (κ3) is 6.00. The molecule has 13 heteroatoms. The minimum absolute atomic E-state index is 0.0996. The number of rotatable bonds is 6. The van der Waals surface area contributed by atoms with Gasteiger partial charge in [-0.05, 0) is 59.8 Å². The third-order valence-electron chi connectivity index (χ3n) is 7.81. The first-order chi connectivity index (χ1) is 21.2. The molecule has 0 bridgehead atoms. The van der Waals surface area contributed by atoms with Gasteiger partial charge < -0.3 is 14.6 Å². The van der Waals surface area contributed by atoms with E-state index in [1.54, 1.807) is 18.2 Å².